The molecule has 3 N–H and O–H groups in total. The van der Waals surface area contributed by atoms with Crippen LogP contribution in [-0.2, 0) is 4.74 Å². The van der Waals surface area contributed by atoms with E-state index >= 15 is 0 Å². The second-order valence-electron chi connectivity index (χ2n) is 7.61. The summed E-state index contributed by atoms with van der Waals surface area (Å²) in [4.78, 5) is 12.6. The fourth-order valence-corrected chi connectivity index (χ4v) is 3.10. The molecule has 31 heavy (non-hydrogen) atoms. The Balaban J connectivity index is 1.67. The number of amidine groups is 1. The maximum absolute atomic E-state index is 14.7. The first kappa shape index (κ1) is 22.9. The molecule has 1 aliphatic rings. The van der Waals surface area contributed by atoms with E-state index in [1.165, 1.54) is 18.5 Å². The molecular formula is C22H30FN5O3. The summed E-state index contributed by atoms with van der Waals surface area (Å²) >= 11 is 0. The van der Waals surface area contributed by atoms with Crippen molar-refractivity contribution in [1.82, 2.24) is 15.3 Å². The molecular weight excluding hydrogens is 401 g/mol. The molecule has 1 fully saturated rings. The van der Waals surface area contributed by atoms with Gasteiger partial charge >= 0.3 is 0 Å². The number of halogens is 1. The van der Waals surface area contributed by atoms with E-state index in [1.807, 2.05) is 13.8 Å². The summed E-state index contributed by atoms with van der Waals surface area (Å²) < 4.78 is 31.8. The molecule has 0 unspecified atom stereocenters. The summed E-state index contributed by atoms with van der Waals surface area (Å²) in [7, 11) is 0. The van der Waals surface area contributed by atoms with Crippen molar-refractivity contribution in [2.75, 3.05) is 26.2 Å². The molecule has 8 nitrogen and oxygen atoms in total. The number of aliphatic imine (C=N–C) groups is 1. The van der Waals surface area contributed by atoms with Crippen LogP contribution in [0.3, 0.4) is 0 Å². The number of benzene rings is 1. The van der Waals surface area contributed by atoms with Crippen molar-refractivity contribution in [3.05, 3.63) is 41.5 Å². The molecule has 1 aliphatic heterocycles. The van der Waals surface area contributed by atoms with Crippen LogP contribution in [0.1, 0.15) is 37.8 Å². The number of nitrogens with zero attached hydrogens (tertiary/aromatic N) is 3. The molecule has 2 aromatic rings. The van der Waals surface area contributed by atoms with Crippen LogP contribution >= 0.6 is 0 Å². The van der Waals surface area contributed by atoms with Crippen LogP contribution in [0.15, 0.2) is 29.5 Å². The zero-order chi connectivity index (χ0) is 22.2. The van der Waals surface area contributed by atoms with E-state index < -0.39 is 5.82 Å². The average molecular weight is 432 g/mol. The predicted octanol–water partition coefficient (Wildman–Crippen LogP) is 2.98. The van der Waals surface area contributed by atoms with E-state index in [2.05, 4.69) is 20.3 Å². The van der Waals surface area contributed by atoms with Gasteiger partial charge < -0.3 is 25.3 Å². The number of piperidine rings is 1. The van der Waals surface area contributed by atoms with Gasteiger partial charge in [-0.15, -0.1) is 0 Å². The molecule has 0 atom stereocenters. The number of aromatic nitrogens is 2. The average Bonchev–Trinajstić information content (AvgIpc) is 2.75. The van der Waals surface area contributed by atoms with E-state index in [0.717, 1.165) is 25.9 Å². The molecule has 2 heterocycles. The number of nitrogens with one attached hydrogen (secondary N) is 1. The van der Waals surface area contributed by atoms with Crippen molar-refractivity contribution in [2.45, 2.75) is 45.8 Å². The van der Waals surface area contributed by atoms with Crippen LogP contribution in [0, 0.1) is 12.7 Å². The van der Waals surface area contributed by atoms with Gasteiger partial charge in [-0.3, -0.25) is 4.99 Å². The van der Waals surface area contributed by atoms with Gasteiger partial charge in [-0.05, 0) is 64.9 Å². The summed E-state index contributed by atoms with van der Waals surface area (Å²) in [6, 6.07) is 4.45. The van der Waals surface area contributed by atoms with Gasteiger partial charge in [0.2, 0.25) is 11.8 Å². The molecule has 3 rings (SSSR count). The SMILES string of the molecule is Cc1c(Oc2ccc(C(N)=NCCOC(C)C)cc2F)ncnc1OC1CCNCC1. The topological polar surface area (TPSA) is 104 Å². The smallest absolute Gasteiger partial charge is 0.229 e. The Hall–Kier alpha value is -2.78. The van der Waals surface area contributed by atoms with E-state index in [9.17, 15) is 4.39 Å². The Bertz CT molecular complexity index is 901. The highest BCUT2D eigenvalue weighted by atomic mass is 19.1. The highest BCUT2D eigenvalue weighted by molar-refractivity contribution is 5.97. The van der Waals surface area contributed by atoms with Gasteiger partial charge in [0.05, 0.1) is 24.8 Å². The maximum atomic E-state index is 14.7. The fraction of sp³-hybridized carbons (Fsp3) is 0.500. The van der Waals surface area contributed by atoms with Crippen molar-refractivity contribution in [3.8, 4) is 17.5 Å². The third-order valence-electron chi connectivity index (χ3n) is 4.81. The Morgan fingerprint density at radius 2 is 2.00 bits per heavy atom. The quantitative estimate of drug-likeness (QED) is 0.357. The van der Waals surface area contributed by atoms with Crippen molar-refractivity contribution >= 4 is 5.84 Å². The minimum Gasteiger partial charge on any atom is -0.474 e. The first-order chi connectivity index (χ1) is 14.9. The molecule has 0 spiro atoms. The summed E-state index contributed by atoms with van der Waals surface area (Å²) in [5.41, 5.74) is 7.06. The lowest BCUT2D eigenvalue weighted by atomic mass is 10.1. The summed E-state index contributed by atoms with van der Waals surface area (Å²) in [6.07, 6.45) is 3.38. The highest BCUT2D eigenvalue weighted by Crippen LogP contribution is 2.30. The van der Waals surface area contributed by atoms with Crippen LogP contribution in [0.2, 0.25) is 0 Å². The largest absolute Gasteiger partial charge is 0.474 e. The summed E-state index contributed by atoms with van der Waals surface area (Å²) in [6.45, 7) is 8.37. The van der Waals surface area contributed by atoms with Gasteiger partial charge in [0.25, 0.3) is 0 Å². The standard InChI is InChI=1S/C22H30FN5O3/c1-14(2)29-11-10-26-20(24)16-4-5-19(18(23)12-16)31-22-15(3)21(27-13-28-22)30-17-6-8-25-9-7-17/h4-5,12-14,17,25H,6-11H2,1-3H3,(H2,24,26). The second kappa shape index (κ2) is 11.0. The minimum atomic E-state index is -0.562. The first-order valence-electron chi connectivity index (χ1n) is 10.5. The lowest BCUT2D eigenvalue weighted by Crippen LogP contribution is -2.34. The van der Waals surface area contributed by atoms with Crippen molar-refractivity contribution in [1.29, 1.82) is 0 Å². The number of hydrogen-bond acceptors (Lipinski definition) is 7. The number of rotatable bonds is 9. The summed E-state index contributed by atoms with van der Waals surface area (Å²) in [5, 5.41) is 3.29. The van der Waals surface area contributed by atoms with Crippen molar-refractivity contribution in [2.24, 2.45) is 10.7 Å². The van der Waals surface area contributed by atoms with Crippen LogP contribution < -0.4 is 20.5 Å². The van der Waals surface area contributed by atoms with Crippen LogP contribution in [0.4, 0.5) is 4.39 Å². The Morgan fingerprint density at radius 3 is 2.71 bits per heavy atom. The van der Waals surface area contributed by atoms with Crippen molar-refractivity contribution < 1.29 is 18.6 Å². The van der Waals surface area contributed by atoms with Crippen LogP contribution in [0.5, 0.6) is 17.5 Å². The zero-order valence-electron chi connectivity index (χ0n) is 18.2. The monoisotopic (exact) mass is 431 g/mol. The Labute approximate surface area is 182 Å². The molecule has 9 heteroatoms. The number of nitrogens with two attached hydrogens (primary N) is 1. The molecule has 0 bridgehead atoms. The molecule has 1 saturated heterocycles. The fourth-order valence-electron chi connectivity index (χ4n) is 3.10. The van der Waals surface area contributed by atoms with Gasteiger partial charge in [0.1, 0.15) is 18.3 Å². The van der Waals surface area contributed by atoms with Crippen LogP contribution in [-0.4, -0.2) is 54.3 Å². The lowest BCUT2D eigenvalue weighted by molar-refractivity contribution is 0.0853. The third-order valence-corrected chi connectivity index (χ3v) is 4.81. The third kappa shape index (κ3) is 6.60. The normalized spacial score (nSPS) is 15.3. The Kier molecular flexibility index (Phi) is 8.13. The van der Waals surface area contributed by atoms with Gasteiger partial charge in [-0.1, -0.05) is 0 Å². The summed E-state index contributed by atoms with van der Waals surface area (Å²) in [5.74, 6) is 0.419. The predicted molar refractivity (Wildman–Crippen MR) is 116 cm³/mol. The first-order valence-corrected chi connectivity index (χ1v) is 10.5. The molecule has 168 valence electrons. The minimum absolute atomic E-state index is 0.0364. The van der Waals surface area contributed by atoms with Gasteiger partial charge in [-0.25, -0.2) is 14.4 Å². The Morgan fingerprint density at radius 1 is 1.26 bits per heavy atom. The molecule has 1 aromatic heterocycles. The van der Waals surface area contributed by atoms with Crippen molar-refractivity contribution in [3.63, 3.8) is 0 Å². The van der Waals surface area contributed by atoms with Crippen LogP contribution in [0.25, 0.3) is 0 Å². The number of hydrogen-bond donors (Lipinski definition) is 2. The molecule has 0 aliphatic carbocycles. The molecule has 0 amide bonds. The lowest BCUT2D eigenvalue weighted by Gasteiger charge is -2.24. The molecule has 0 radical (unpaired) electrons. The molecule has 0 saturated carbocycles. The van der Waals surface area contributed by atoms with E-state index in [1.54, 1.807) is 13.0 Å². The number of ether oxygens (including phenoxy) is 3. The second-order valence-corrected chi connectivity index (χ2v) is 7.61. The zero-order valence-corrected chi connectivity index (χ0v) is 18.2. The van der Waals surface area contributed by atoms with Gasteiger partial charge in [0, 0.05) is 5.56 Å². The maximum Gasteiger partial charge on any atom is 0.229 e. The van der Waals surface area contributed by atoms with Gasteiger partial charge in [0.15, 0.2) is 11.6 Å². The van der Waals surface area contributed by atoms with E-state index in [-0.39, 0.29) is 29.7 Å². The van der Waals surface area contributed by atoms with E-state index in [4.69, 9.17) is 19.9 Å². The highest BCUT2D eigenvalue weighted by Gasteiger charge is 2.19. The molecule has 1 aromatic carbocycles. The van der Waals surface area contributed by atoms with Gasteiger partial charge in [-0.2, -0.15) is 0 Å². The van der Waals surface area contributed by atoms with E-state index in [0.29, 0.717) is 30.2 Å².